The van der Waals surface area contributed by atoms with Crippen LogP contribution in [0.4, 0.5) is 10.1 Å². The molecule has 0 aromatic carbocycles. The molecule has 2 aromatic rings. The fourth-order valence-electron chi connectivity index (χ4n) is 5.84. The SMILES string of the molecule is Cc1c(N2CCC3C(N)CCCC3C2)c(F)cn2c(=O)c(C(=O)O)cc(C3CC3)c12.Cl. The fourth-order valence-corrected chi connectivity index (χ4v) is 5.84. The third-order valence-corrected chi connectivity index (χ3v) is 7.46. The minimum absolute atomic E-state index is 0. The van der Waals surface area contributed by atoms with Crippen molar-refractivity contribution in [3.63, 3.8) is 0 Å². The Bertz CT molecular complexity index is 1100. The molecule has 0 spiro atoms. The summed E-state index contributed by atoms with van der Waals surface area (Å²) in [5, 5.41) is 9.45. The van der Waals surface area contributed by atoms with Crippen LogP contribution in [0.15, 0.2) is 17.1 Å². The van der Waals surface area contributed by atoms with Crippen LogP contribution < -0.4 is 16.2 Å². The largest absolute Gasteiger partial charge is 0.477 e. The molecule has 8 heteroatoms. The van der Waals surface area contributed by atoms with E-state index >= 15 is 4.39 Å². The van der Waals surface area contributed by atoms with E-state index in [0.29, 0.717) is 23.0 Å². The molecule has 0 bridgehead atoms. The van der Waals surface area contributed by atoms with Gasteiger partial charge in [0.2, 0.25) is 0 Å². The highest BCUT2D eigenvalue weighted by molar-refractivity contribution is 5.89. The van der Waals surface area contributed by atoms with E-state index in [4.69, 9.17) is 5.73 Å². The number of carboxylic acids is 1. The van der Waals surface area contributed by atoms with Crippen molar-refractivity contribution in [2.24, 2.45) is 17.6 Å². The van der Waals surface area contributed by atoms with Gasteiger partial charge in [0.25, 0.3) is 5.56 Å². The van der Waals surface area contributed by atoms with Crippen molar-refractivity contribution in [1.29, 1.82) is 0 Å². The Morgan fingerprint density at radius 2 is 1.97 bits per heavy atom. The topological polar surface area (TPSA) is 88.0 Å². The Morgan fingerprint density at radius 3 is 2.65 bits per heavy atom. The summed E-state index contributed by atoms with van der Waals surface area (Å²) in [7, 11) is 0. The number of fused-ring (bicyclic) bond motifs is 2. The molecular formula is C23H29ClFN3O3. The molecule has 1 saturated heterocycles. The van der Waals surface area contributed by atoms with Crippen molar-refractivity contribution in [2.75, 3.05) is 18.0 Å². The molecule has 31 heavy (non-hydrogen) atoms. The Balaban J connectivity index is 0.00000231. The average molecular weight is 450 g/mol. The number of rotatable bonds is 3. The van der Waals surface area contributed by atoms with Crippen LogP contribution in [0.5, 0.6) is 0 Å². The minimum atomic E-state index is -1.27. The molecule has 3 fully saturated rings. The molecule has 3 unspecified atom stereocenters. The summed E-state index contributed by atoms with van der Waals surface area (Å²) in [4.78, 5) is 26.5. The number of aryl methyl sites for hydroxylation is 1. The van der Waals surface area contributed by atoms with Crippen LogP contribution >= 0.6 is 12.4 Å². The van der Waals surface area contributed by atoms with Gasteiger partial charge in [-0.2, -0.15) is 0 Å². The number of carboxylic acid groups (broad SMARTS) is 1. The number of pyridine rings is 2. The zero-order chi connectivity index (χ0) is 21.2. The standard InChI is InChI=1S/C23H28FN3O3.ClH/c1-12-20-16(13-5-6-13)9-17(23(29)30)22(28)27(20)11-18(24)21(12)26-8-7-15-14(10-26)3-2-4-19(15)25;/h9,11,13-15,19H,2-8,10,25H2,1H3,(H,29,30);1H. The molecule has 3 aliphatic rings. The highest BCUT2D eigenvalue weighted by atomic mass is 35.5. The quantitative estimate of drug-likeness (QED) is 0.746. The maximum absolute atomic E-state index is 15.4. The summed E-state index contributed by atoms with van der Waals surface area (Å²) < 4.78 is 16.6. The minimum Gasteiger partial charge on any atom is -0.477 e. The molecule has 3 N–H and O–H groups in total. The number of halogens is 2. The van der Waals surface area contributed by atoms with E-state index in [2.05, 4.69) is 4.90 Å². The van der Waals surface area contributed by atoms with E-state index < -0.39 is 17.3 Å². The second kappa shape index (κ2) is 8.10. The molecule has 2 saturated carbocycles. The lowest BCUT2D eigenvalue weighted by atomic mass is 9.72. The van der Waals surface area contributed by atoms with Crippen molar-refractivity contribution >= 4 is 29.6 Å². The third kappa shape index (κ3) is 3.61. The van der Waals surface area contributed by atoms with Gasteiger partial charge in [0, 0.05) is 19.1 Å². The Labute approximate surface area is 186 Å². The molecule has 2 aromatic heterocycles. The summed E-state index contributed by atoms with van der Waals surface area (Å²) in [5.74, 6) is -0.532. The van der Waals surface area contributed by atoms with Crippen molar-refractivity contribution in [3.8, 4) is 0 Å². The summed E-state index contributed by atoms with van der Waals surface area (Å²) in [6, 6.07) is 1.75. The number of nitrogens with zero attached hydrogens (tertiary/aromatic N) is 2. The highest BCUT2D eigenvalue weighted by Crippen LogP contribution is 2.44. The van der Waals surface area contributed by atoms with E-state index in [0.717, 1.165) is 62.7 Å². The van der Waals surface area contributed by atoms with E-state index in [1.807, 2.05) is 6.92 Å². The fraction of sp³-hybridized carbons (Fsp3) is 0.565. The third-order valence-electron chi connectivity index (χ3n) is 7.46. The number of aromatic carboxylic acids is 1. The number of nitrogens with two attached hydrogens (primary N) is 1. The van der Waals surface area contributed by atoms with Gasteiger partial charge in [0.15, 0.2) is 5.82 Å². The molecule has 6 nitrogen and oxygen atoms in total. The van der Waals surface area contributed by atoms with Gasteiger partial charge in [-0.15, -0.1) is 12.4 Å². The Morgan fingerprint density at radius 1 is 1.23 bits per heavy atom. The molecule has 3 heterocycles. The summed E-state index contributed by atoms with van der Waals surface area (Å²) in [6.07, 6.45) is 7.39. The zero-order valence-corrected chi connectivity index (χ0v) is 18.5. The van der Waals surface area contributed by atoms with Gasteiger partial charge in [0.05, 0.1) is 17.4 Å². The number of anilines is 1. The van der Waals surface area contributed by atoms with E-state index in [-0.39, 0.29) is 29.9 Å². The van der Waals surface area contributed by atoms with Crippen LogP contribution in [0, 0.1) is 24.6 Å². The molecule has 0 amide bonds. The first kappa shape index (κ1) is 22.1. The van der Waals surface area contributed by atoms with Crippen LogP contribution in [0.2, 0.25) is 0 Å². The number of hydrogen-bond donors (Lipinski definition) is 2. The van der Waals surface area contributed by atoms with Crippen LogP contribution in [0.25, 0.3) is 5.52 Å². The number of piperidine rings is 1. The van der Waals surface area contributed by atoms with Crippen molar-refractivity contribution in [3.05, 3.63) is 45.1 Å². The van der Waals surface area contributed by atoms with Gasteiger partial charge in [-0.05, 0) is 74.0 Å². The van der Waals surface area contributed by atoms with Crippen molar-refractivity contribution < 1.29 is 14.3 Å². The molecule has 1 aliphatic heterocycles. The number of hydrogen-bond acceptors (Lipinski definition) is 4. The van der Waals surface area contributed by atoms with Gasteiger partial charge in [-0.3, -0.25) is 9.20 Å². The van der Waals surface area contributed by atoms with Crippen LogP contribution in [-0.4, -0.2) is 34.6 Å². The van der Waals surface area contributed by atoms with E-state index in [1.165, 1.54) is 16.7 Å². The second-order valence-corrected chi connectivity index (χ2v) is 9.32. The first-order chi connectivity index (χ1) is 14.4. The normalized spacial score (nSPS) is 25.8. The summed E-state index contributed by atoms with van der Waals surface area (Å²) in [5.41, 5.74) is 8.18. The van der Waals surface area contributed by atoms with Gasteiger partial charge < -0.3 is 15.7 Å². The number of aromatic nitrogens is 1. The second-order valence-electron chi connectivity index (χ2n) is 9.32. The first-order valence-corrected chi connectivity index (χ1v) is 11.0. The smallest absolute Gasteiger partial charge is 0.341 e. The molecule has 2 aliphatic carbocycles. The lowest BCUT2D eigenvalue weighted by Gasteiger charge is -2.45. The zero-order valence-electron chi connectivity index (χ0n) is 17.6. The van der Waals surface area contributed by atoms with Crippen molar-refractivity contribution in [2.45, 2.75) is 57.4 Å². The van der Waals surface area contributed by atoms with Gasteiger partial charge in [-0.1, -0.05) is 6.42 Å². The van der Waals surface area contributed by atoms with Gasteiger partial charge >= 0.3 is 5.97 Å². The maximum atomic E-state index is 15.4. The lowest BCUT2D eigenvalue weighted by Crippen LogP contribution is -2.49. The first-order valence-electron chi connectivity index (χ1n) is 11.0. The Kier molecular flexibility index (Phi) is 5.77. The van der Waals surface area contributed by atoms with E-state index in [9.17, 15) is 14.7 Å². The highest BCUT2D eigenvalue weighted by Gasteiger charge is 2.37. The molecule has 5 rings (SSSR count). The predicted molar refractivity (Wildman–Crippen MR) is 120 cm³/mol. The predicted octanol–water partition coefficient (Wildman–Crippen LogP) is 3.70. The molecule has 168 valence electrons. The Hall–Kier alpha value is -2.12. The van der Waals surface area contributed by atoms with Crippen LogP contribution in [-0.2, 0) is 0 Å². The maximum Gasteiger partial charge on any atom is 0.341 e. The van der Waals surface area contributed by atoms with Gasteiger partial charge in [0.1, 0.15) is 5.56 Å². The van der Waals surface area contributed by atoms with Gasteiger partial charge in [-0.25, -0.2) is 9.18 Å². The summed E-state index contributed by atoms with van der Waals surface area (Å²) in [6.45, 7) is 3.39. The van der Waals surface area contributed by atoms with Crippen LogP contribution in [0.3, 0.4) is 0 Å². The average Bonchev–Trinajstić information content (AvgIpc) is 3.54. The monoisotopic (exact) mass is 449 g/mol. The molecular weight excluding hydrogens is 421 g/mol. The number of carbonyl (C=O) groups is 1. The molecule has 0 radical (unpaired) electrons. The van der Waals surface area contributed by atoms with E-state index in [1.54, 1.807) is 0 Å². The summed E-state index contributed by atoms with van der Waals surface area (Å²) >= 11 is 0. The van der Waals surface area contributed by atoms with Crippen molar-refractivity contribution in [1.82, 2.24) is 4.40 Å². The molecule has 3 atom stereocenters. The lowest BCUT2D eigenvalue weighted by molar-refractivity contribution is 0.0694. The van der Waals surface area contributed by atoms with Crippen LogP contribution in [0.1, 0.15) is 65.9 Å².